The minimum absolute atomic E-state index is 0.281. The number of nitrogens with one attached hydrogen (secondary N) is 1. The van der Waals surface area contributed by atoms with E-state index in [9.17, 15) is 9.18 Å². The first-order valence-electron chi connectivity index (χ1n) is 5.60. The van der Waals surface area contributed by atoms with Crippen LogP contribution in [0.25, 0.3) is 0 Å². The molecule has 3 N–H and O–H groups in total. The van der Waals surface area contributed by atoms with E-state index < -0.39 is 0 Å². The lowest BCUT2D eigenvalue weighted by Crippen LogP contribution is -2.13. The van der Waals surface area contributed by atoms with Crippen LogP contribution >= 0.6 is 11.6 Å². The lowest BCUT2D eigenvalue weighted by molar-refractivity contribution is 0.102. The van der Waals surface area contributed by atoms with Gasteiger partial charge in [-0.2, -0.15) is 0 Å². The molecule has 98 valence electrons. The molecular formula is C14H12ClFN2O. The van der Waals surface area contributed by atoms with Crippen molar-refractivity contribution < 1.29 is 9.18 Å². The molecule has 0 aliphatic carbocycles. The molecule has 0 aliphatic rings. The summed E-state index contributed by atoms with van der Waals surface area (Å²) in [6.45, 7) is 1.62. The second kappa shape index (κ2) is 5.28. The number of anilines is 2. The zero-order valence-electron chi connectivity index (χ0n) is 10.2. The van der Waals surface area contributed by atoms with Gasteiger partial charge in [-0.1, -0.05) is 11.6 Å². The highest BCUT2D eigenvalue weighted by molar-refractivity contribution is 6.34. The number of nitrogens with two attached hydrogens (primary N) is 1. The highest BCUT2D eigenvalue weighted by Crippen LogP contribution is 2.21. The molecule has 5 heteroatoms. The Kier molecular flexibility index (Phi) is 3.71. The van der Waals surface area contributed by atoms with Crippen LogP contribution in [0.2, 0.25) is 5.02 Å². The summed E-state index contributed by atoms with van der Waals surface area (Å²) in [5, 5.41) is 2.96. The van der Waals surface area contributed by atoms with E-state index in [2.05, 4.69) is 5.32 Å². The summed E-state index contributed by atoms with van der Waals surface area (Å²) in [5.41, 5.74) is 7.30. The van der Waals surface area contributed by atoms with Crippen LogP contribution in [0, 0.1) is 12.7 Å². The molecule has 0 fully saturated rings. The van der Waals surface area contributed by atoms with Crippen LogP contribution in [0.1, 0.15) is 15.9 Å². The molecular weight excluding hydrogens is 267 g/mol. The van der Waals surface area contributed by atoms with Crippen molar-refractivity contribution in [3.05, 3.63) is 58.4 Å². The summed E-state index contributed by atoms with van der Waals surface area (Å²) in [7, 11) is 0. The smallest absolute Gasteiger partial charge is 0.257 e. The van der Waals surface area contributed by atoms with Crippen molar-refractivity contribution in [2.45, 2.75) is 6.92 Å². The molecule has 0 atom stereocenters. The molecule has 0 spiro atoms. The number of benzene rings is 2. The molecule has 0 radical (unpaired) electrons. The zero-order valence-corrected chi connectivity index (χ0v) is 11.0. The molecule has 2 aromatic carbocycles. The molecule has 19 heavy (non-hydrogen) atoms. The average Bonchev–Trinajstić information content (AvgIpc) is 2.36. The second-order valence-corrected chi connectivity index (χ2v) is 4.56. The van der Waals surface area contributed by atoms with Crippen LogP contribution in [0.5, 0.6) is 0 Å². The van der Waals surface area contributed by atoms with Crippen molar-refractivity contribution >= 4 is 28.9 Å². The molecule has 1 amide bonds. The van der Waals surface area contributed by atoms with Gasteiger partial charge in [0.1, 0.15) is 5.82 Å². The van der Waals surface area contributed by atoms with Gasteiger partial charge in [0.15, 0.2) is 0 Å². The fourth-order valence-electron chi connectivity index (χ4n) is 1.64. The van der Waals surface area contributed by atoms with E-state index in [1.807, 2.05) is 0 Å². The molecule has 0 aliphatic heterocycles. The second-order valence-electron chi connectivity index (χ2n) is 4.16. The lowest BCUT2D eigenvalue weighted by atomic mass is 10.1. The van der Waals surface area contributed by atoms with Crippen molar-refractivity contribution in [3.63, 3.8) is 0 Å². The topological polar surface area (TPSA) is 55.1 Å². The molecule has 0 heterocycles. The monoisotopic (exact) mass is 278 g/mol. The van der Waals surface area contributed by atoms with Gasteiger partial charge in [-0.25, -0.2) is 4.39 Å². The van der Waals surface area contributed by atoms with Gasteiger partial charge in [0, 0.05) is 11.4 Å². The first-order valence-corrected chi connectivity index (χ1v) is 5.97. The number of nitrogen functional groups attached to an aromatic ring is 1. The van der Waals surface area contributed by atoms with E-state index in [1.54, 1.807) is 25.1 Å². The minimum Gasteiger partial charge on any atom is -0.399 e. The van der Waals surface area contributed by atoms with Crippen molar-refractivity contribution in [2.24, 2.45) is 0 Å². The number of hydrogen-bond donors (Lipinski definition) is 2. The Balaban J connectivity index is 2.25. The number of carbonyl (C=O) groups is 1. The van der Waals surface area contributed by atoms with E-state index in [0.29, 0.717) is 22.0 Å². The SMILES string of the molecule is Cc1cc(NC(=O)c2cc(N)ccc2Cl)ccc1F. The van der Waals surface area contributed by atoms with Crippen molar-refractivity contribution in [2.75, 3.05) is 11.1 Å². The highest BCUT2D eigenvalue weighted by Gasteiger charge is 2.11. The van der Waals surface area contributed by atoms with Gasteiger partial charge in [-0.3, -0.25) is 4.79 Å². The third-order valence-corrected chi connectivity index (χ3v) is 2.98. The first kappa shape index (κ1) is 13.4. The molecule has 3 nitrogen and oxygen atoms in total. The Morgan fingerprint density at radius 2 is 2.00 bits per heavy atom. The van der Waals surface area contributed by atoms with Crippen molar-refractivity contribution in [3.8, 4) is 0 Å². The standard InChI is InChI=1S/C14H12ClFN2O/c1-8-6-10(3-5-13(8)16)18-14(19)11-7-9(17)2-4-12(11)15/h2-7H,17H2,1H3,(H,18,19). The van der Waals surface area contributed by atoms with E-state index in [0.717, 1.165) is 0 Å². The summed E-state index contributed by atoms with van der Waals surface area (Å²) < 4.78 is 13.1. The summed E-state index contributed by atoms with van der Waals surface area (Å²) in [6, 6.07) is 9.00. The van der Waals surface area contributed by atoms with Gasteiger partial charge < -0.3 is 11.1 Å². The largest absolute Gasteiger partial charge is 0.399 e. The number of hydrogen-bond acceptors (Lipinski definition) is 2. The minimum atomic E-state index is -0.386. The Labute approximate surface area is 115 Å². The first-order chi connectivity index (χ1) is 8.97. The van der Waals surface area contributed by atoms with E-state index in [-0.39, 0.29) is 17.3 Å². The molecule has 2 aromatic rings. The van der Waals surface area contributed by atoms with Crippen LogP contribution < -0.4 is 11.1 Å². The van der Waals surface area contributed by atoms with E-state index in [1.165, 1.54) is 18.2 Å². The van der Waals surface area contributed by atoms with Crippen molar-refractivity contribution in [1.82, 2.24) is 0 Å². The van der Waals surface area contributed by atoms with Crippen molar-refractivity contribution in [1.29, 1.82) is 0 Å². The molecule has 2 rings (SSSR count). The fraction of sp³-hybridized carbons (Fsp3) is 0.0714. The highest BCUT2D eigenvalue weighted by atomic mass is 35.5. The fourth-order valence-corrected chi connectivity index (χ4v) is 1.84. The third kappa shape index (κ3) is 3.03. The summed E-state index contributed by atoms with van der Waals surface area (Å²) >= 11 is 5.94. The predicted octanol–water partition coefficient (Wildman–Crippen LogP) is 3.62. The normalized spacial score (nSPS) is 10.3. The average molecular weight is 279 g/mol. The van der Waals surface area contributed by atoms with Crippen LogP contribution in [-0.4, -0.2) is 5.91 Å². The number of carbonyl (C=O) groups excluding carboxylic acids is 1. The third-order valence-electron chi connectivity index (χ3n) is 2.65. The molecule has 0 saturated heterocycles. The van der Waals surface area contributed by atoms with Crippen LogP contribution in [0.15, 0.2) is 36.4 Å². The van der Waals surface area contributed by atoms with Crippen LogP contribution in [-0.2, 0) is 0 Å². The van der Waals surface area contributed by atoms with Gasteiger partial charge in [0.25, 0.3) is 5.91 Å². The Hall–Kier alpha value is -2.07. The van der Waals surface area contributed by atoms with E-state index >= 15 is 0 Å². The van der Waals surface area contributed by atoms with Gasteiger partial charge >= 0.3 is 0 Å². The van der Waals surface area contributed by atoms with Gasteiger partial charge in [0.05, 0.1) is 10.6 Å². The van der Waals surface area contributed by atoms with Crippen LogP contribution in [0.4, 0.5) is 15.8 Å². The number of halogens is 2. The predicted molar refractivity (Wildman–Crippen MR) is 75.0 cm³/mol. The molecule has 0 bridgehead atoms. The van der Waals surface area contributed by atoms with Gasteiger partial charge in [-0.15, -0.1) is 0 Å². The molecule has 0 saturated carbocycles. The Bertz CT molecular complexity index is 643. The van der Waals surface area contributed by atoms with Gasteiger partial charge in [-0.05, 0) is 48.9 Å². The summed E-state index contributed by atoms with van der Waals surface area (Å²) in [5.74, 6) is -0.705. The Morgan fingerprint density at radius 1 is 1.26 bits per heavy atom. The maximum absolute atomic E-state index is 13.1. The number of aryl methyl sites for hydroxylation is 1. The zero-order chi connectivity index (χ0) is 14.0. The number of rotatable bonds is 2. The lowest BCUT2D eigenvalue weighted by Gasteiger charge is -2.08. The van der Waals surface area contributed by atoms with E-state index in [4.69, 9.17) is 17.3 Å². The van der Waals surface area contributed by atoms with Gasteiger partial charge in [0.2, 0.25) is 0 Å². The molecule has 0 aromatic heterocycles. The summed E-state index contributed by atoms with van der Waals surface area (Å²) in [6.07, 6.45) is 0. The maximum atomic E-state index is 13.1. The number of amides is 1. The Morgan fingerprint density at radius 3 is 2.68 bits per heavy atom. The maximum Gasteiger partial charge on any atom is 0.257 e. The quantitative estimate of drug-likeness (QED) is 0.824. The van der Waals surface area contributed by atoms with Crippen LogP contribution in [0.3, 0.4) is 0 Å². The molecule has 0 unspecified atom stereocenters. The summed E-state index contributed by atoms with van der Waals surface area (Å²) in [4.78, 5) is 12.0.